The summed E-state index contributed by atoms with van der Waals surface area (Å²) >= 11 is 0. The number of nitrogens with one attached hydrogen (secondary N) is 1. The van der Waals surface area contributed by atoms with Crippen LogP contribution in [0.1, 0.15) is 28.7 Å². The fourth-order valence-electron chi connectivity index (χ4n) is 4.72. The topological polar surface area (TPSA) is 64.6 Å². The lowest BCUT2D eigenvalue weighted by Gasteiger charge is -2.41. The summed E-state index contributed by atoms with van der Waals surface area (Å²) < 4.78 is 5.48. The van der Waals surface area contributed by atoms with Crippen LogP contribution in [0.2, 0.25) is 0 Å². The quantitative estimate of drug-likeness (QED) is 0.565. The van der Waals surface area contributed by atoms with Crippen molar-refractivity contribution < 1.29 is 9.84 Å². The first-order valence-corrected chi connectivity index (χ1v) is 11.4. The highest BCUT2D eigenvalue weighted by Crippen LogP contribution is 2.27. The molecule has 0 amide bonds. The fraction of sp³-hybridized carbons (Fsp3) is 0.423. The van der Waals surface area contributed by atoms with Crippen molar-refractivity contribution in [2.24, 2.45) is 0 Å². The fourth-order valence-corrected chi connectivity index (χ4v) is 4.72. The van der Waals surface area contributed by atoms with Crippen molar-refractivity contribution in [1.29, 1.82) is 0 Å². The molecule has 2 aromatic carbocycles. The van der Waals surface area contributed by atoms with Crippen molar-refractivity contribution in [2.75, 3.05) is 33.4 Å². The Morgan fingerprint density at radius 3 is 2.59 bits per heavy atom. The SMILES string of the molecule is COc1ccc(CN2CCN(Cc3cn[nH]c3-c3ccccc3)CC2CCO)c(C)c1C. The van der Waals surface area contributed by atoms with Gasteiger partial charge in [-0.1, -0.05) is 36.4 Å². The number of methoxy groups -OCH3 is 1. The zero-order valence-electron chi connectivity index (χ0n) is 19.3. The van der Waals surface area contributed by atoms with Crippen molar-refractivity contribution in [3.63, 3.8) is 0 Å². The van der Waals surface area contributed by atoms with Gasteiger partial charge in [0.2, 0.25) is 0 Å². The molecule has 0 aliphatic carbocycles. The van der Waals surface area contributed by atoms with Crippen LogP contribution < -0.4 is 4.74 Å². The number of benzene rings is 2. The van der Waals surface area contributed by atoms with Crippen LogP contribution in [-0.4, -0.2) is 64.5 Å². The first-order valence-electron chi connectivity index (χ1n) is 11.4. The van der Waals surface area contributed by atoms with Crippen molar-refractivity contribution in [2.45, 2.75) is 39.4 Å². The second-order valence-electron chi connectivity index (χ2n) is 8.68. The molecule has 0 spiro atoms. The summed E-state index contributed by atoms with van der Waals surface area (Å²) in [5.74, 6) is 0.942. The summed E-state index contributed by atoms with van der Waals surface area (Å²) in [6, 6.07) is 14.9. The molecule has 1 saturated heterocycles. The number of hydrogen-bond acceptors (Lipinski definition) is 5. The van der Waals surface area contributed by atoms with Crippen LogP contribution in [-0.2, 0) is 13.1 Å². The Bertz CT molecular complexity index is 1020. The predicted octanol–water partition coefficient (Wildman–Crippen LogP) is 3.77. The smallest absolute Gasteiger partial charge is 0.122 e. The van der Waals surface area contributed by atoms with E-state index in [0.717, 1.165) is 56.2 Å². The van der Waals surface area contributed by atoms with Gasteiger partial charge in [0.15, 0.2) is 0 Å². The molecule has 1 atom stereocenters. The molecule has 3 aromatic rings. The Kier molecular flexibility index (Phi) is 7.25. The molecular formula is C26H34N4O2. The molecule has 4 rings (SSSR count). The number of aromatic amines is 1. The highest BCUT2D eigenvalue weighted by Gasteiger charge is 2.28. The highest BCUT2D eigenvalue weighted by molar-refractivity contribution is 5.62. The van der Waals surface area contributed by atoms with Gasteiger partial charge in [0, 0.05) is 50.9 Å². The van der Waals surface area contributed by atoms with E-state index < -0.39 is 0 Å². The van der Waals surface area contributed by atoms with Gasteiger partial charge < -0.3 is 9.84 Å². The average molecular weight is 435 g/mol. The molecular weight excluding hydrogens is 400 g/mol. The molecule has 2 N–H and O–H groups in total. The van der Waals surface area contributed by atoms with Crippen LogP contribution in [0.25, 0.3) is 11.3 Å². The van der Waals surface area contributed by atoms with E-state index in [1.807, 2.05) is 12.3 Å². The van der Waals surface area contributed by atoms with Crippen LogP contribution in [0.15, 0.2) is 48.7 Å². The van der Waals surface area contributed by atoms with Gasteiger partial charge in [0.1, 0.15) is 5.75 Å². The van der Waals surface area contributed by atoms with E-state index >= 15 is 0 Å². The number of aliphatic hydroxyl groups excluding tert-OH is 1. The number of hydrogen-bond donors (Lipinski definition) is 2. The lowest BCUT2D eigenvalue weighted by molar-refractivity contribution is 0.0499. The summed E-state index contributed by atoms with van der Waals surface area (Å²) in [5, 5.41) is 17.2. The lowest BCUT2D eigenvalue weighted by Crippen LogP contribution is -2.52. The molecule has 1 aliphatic rings. The van der Waals surface area contributed by atoms with E-state index in [1.165, 1.54) is 22.3 Å². The number of ether oxygens (including phenoxy) is 1. The van der Waals surface area contributed by atoms with E-state index in [2.05, 4.69) is 70.2 Å². The molecule has 6 heteroatoms. The number of piperazine rings is 1. The summed E-state index contributed by atoms with van der Waals surface area (Å²) in [7, 11) is 1.72. The first-order chi connectivity index (χ1) is 15.6. The third-order valence-electron chi connectivity index (χ3n) is 6.77. The van der Waals surface area contributed by atoms with Crippen molar-refractivity contribution >= 4 is 0 Å². The first kappa shape index (κ1) is 22.5. The Hall–Kier alpha value is -2.67. The van der Waals surface area contributed by atoms with Gasteiger partial charge >= 0.3 is 0 Å². The number of nitrogens with zero attached hydrogens (tertiary/aromatic N) is 3. The van der Waals surface area contributed by atoms with Gasteiger partial charge in [-0.3, -0.25) is 14.9 Å². The minimum Gasteiger partial charge on any atom is -0.496 e. The van der Waals surface area contributed by atoms with E-state index in [4.69, 9.17) is 4.74 Å². The van der Waals surface area contributed by atoms with Gasteiger partial charge in [-0.05, 0) is 48.6 Å². The minimum atomic E-state index is 0.205. The second-order valence-corrected chi connectivity index (χ2v) is 8.68. The molecule has 32 heavy (non-hydrogen) atoms. The average Bonchev–Trinajstić information content (AvgIpc) is 3.27. The normalized spacial score (nSPS) is 17.6. The van der Waals surface area contributed by atoms with E-state index in [9.17, 15) is 5.11 Å². The Morgan fingerprint density at radius 2 is 1.84 bits per heavy atom. The van der Waals surface area contributed by atoms with Gasteiger partial charge in [-0.2, -0.15) is 5.10 Å². The molecule has 1 fully saturated rings. The molecule has 170 valence electrons. The van der Waals surface area contributed by atoms with E-state index in [1.54, 1.807) is 7.11 Å². The van der Waals surface area contributed by atoms with Crippen LogP contribution in [0.3, 0.4) is 0 Å². The second kappa shape index (κ2) is 10.3. The zero-order chi connectivity index (χ0) is 22.5. The number of aliphatic hydroxyl groups is 1. The molecule has 2 heterocycles. The maximum atomic E-state index is 9.73. The van der Waals surface area contributed by atoms with Crippen LogP contribution in [0, 0.1) is 13.8 Å². The molecule has 0 bridgehead atoms. The van der Waals surface area contributed by atoms with Crippen molar-refractivity contribution in [1.82, 2.24) is 20.0 Å². The van der Waals surface area contributed by atoms with Gasteiger partial charge in [0.25, 0.3) is 0 Å². The third kappa shape index (κ3) is 4.88. The van der Waals surface area contributed by atoms with Crippen LogP contribution >= 0.6 is 0 Å². The summed E-state index contributed by atoms with van der Waals surface area (Å²) in [6.07, 6.45) is 2.72. The van der Waals surface area contributed by atoms with Gasteiger partial charge in [0.05, 0.1) is 19.0 Å². The molecule has 1 aliphatic heterocycles. The Labute approximate surface area is 190 Å². The molecule has 1 aromatic heterocycles. The van der Waals surface area contributed by atoms with Crippen molar-refractivity contribution in [3.05, 3.63) is 70.9 Å². The van der Waals surface area contributed by atoms with E-state index in [0.29, 0.717) is 6.04 Å². The summed E-state index contributed by atoms with van der Waals surface area (Å²) in [5.41, 5.74) is 7.30. The maximum absolute atomic E-state index is 9.73. The summed E-state index contributed by atoms with van der Waals surface area (Å²) in [4.78, 5) is 5.01. The largest absolute Gasteiger partial charge is 0.496 e. The van der Waals surface area contributed by atoms with Crippen molar-refractivity contribution in [3.8, 4) is 17.0 Å². The number of aromatic nitrogens is 2. The monoisotopic (exact) mass is 434 g/mol. The lowest BCUT2D eigenvalue weighted by atomic mass is 10.00. The Balaban J connectivity index is 1.45. The molecule has 1 unspecified atom stereocenters. The number of H-pyrrole nitrogens is 1. The van der Waals surface area contributed by atoms with Gasteiger partial charge in [-0.25, -0.2) is 0 Å². The number of rotatable bonds is 8. The van der Waals surface area contributed by atoms with E-state index in [-0.39, 0.29) is 6.61 Å². The summed E-state index contributed by atoms with van der Waals surface area (Å²) in [6.45, 7) is 9.17. The maximum Gasteiger partial charge on any atom is 0.122 e. The zero-order valence-corrected chi connectivity index (χ0v) is 19.3. The predicted molar refractivity (Wildman–Crippen MR) is 128 cm³/mol. The van der Waals surface area contributed by atoms with Gasteiger partial charge in [-0.15, -0.1) is 0 Å². The van der Waals surface area contributed by atoms with Crippen LogP contribution in [0.5, 0.6) is 5.75 Å². The highest BCUT2D eigenvalue weighted by atomic mass is 16.5. The standard InChI is InChI=1S/C26H34N4O2/c1-19-20(2)25(32-3)10-9-22(19)17-30-13-12-29(18-24(30)11-14-31)16-23-15-27-28-26(23)21-7-5-4-6-8-21/h4-10,15,24,31H,11-14,16-18H2,1-3H3,(H,27,28). The van der Waals surface area contributed by atoms with Crippen LogP contribution in [0.4, 0.5) is 0 Å². The molecule has 0 radical (unpaired) electrons. The third-order valence-corrected chi connectivity index (χ3v) is 6.77. The minimum absolute atomic E-state index is 0.205. The molecule has 6 nitrogen and oxygen atoms in total. The Morgan fingerprint density at radius 1 is 1.03 bits per heavy atom. The molecule has 0 saturated carbocycles.